The lowest BCUT2D eigenvalue weighted by Gasteiger charge is -2.05. The van der Waals surface area contributed by atoms with Gasteiger partial charge in [0.25, 0.3) is 0 Å². The fourth-order valence-electron chi connectivity index (χ4n) is 0.711. The maximum absolute atomic E-state index is 10.9. The third-order valence-corrected chi connectivity index (χ3v) is 1.96. The number of aliphatic hydroxyl groups excluding tert-OH is 2. The Balaban J connectivity index is 2.64. The predicted molar refractivity (Wildman–Crippen MR) is 41.7 cm³/mol. The van der Waals surface area contributed by atoms with E-state index in [9.17, 15) is 4.79 Å². The van der Waals surface area contributed by atoms with Crippen LogP contribution in [0.2, 0.25) is 0 Å². The molecule has 1 atom stereocenters. The second kappa shape index (κ2) is 3.66. The summed E-state index contributed by atoms with van der Waals surface area (Å²) in [4.78, 5) is 10.7. The number of nitrogens with zero attached hydrogens (tertiary/aromatic N) is 1. The first-order valence-electron chi connectivity index (χ1n) is 3.17. The van der Waals surface area contributed by atoms with Crippen molar-refractivity contribution in [2.24, 2.45) is 0 Å². The lowest BCUT2D eigenvalue weighted by atomic mass is 10.4. The van der Waals surface area contributed by atoms with Crippen LogP contribution in [0.1, 0.15) is 0 Å². The van der Waals surface area contributed by atoms with Crippen molar-refractivity contribution in [3.8, 4) is 0 Å². The van der Waals surface area contributed by atoms with Gasteiger partial charge in [0.15, 0.2) is 0 Å². The van der Waals surface area contributed by atoms with Crippen molar-refractivity contribution >= 4 is 11.3 Å². The Hall–Kier alpha value is -0.650. The molecule has 4 nitrogen and oxygen atoms in total. The molecule has 0 spiro atoms. The molecule has 0 aliphatic heterocycles. The van der Waals surface area contributed by atoms with Gasteiger partial charge in [-0.05, 0) is 0 Å². The summed E-state index contributed by atoms with van der Waals surface area (Å²) in [5.74, 6) is 0. The second-order valence-electron chi connectivity index (χ2n) is 2.16. The summed E-state index contributed by atoms with van der Waals surface area (Å²) in [6.45, 7) is -0.152. The van der Waals surface area contributed by atoms with Gasteiger partial charge in [-0.25, -0.2) is 0 Å². The van der Waals surface area contributed by atoms with E-state index in [0.29, 0.717) is 0 Å². The molecule has 0 radical (unpaired) electrons. The summed E-state index contributed by atoms with van der Waals surface area (Å²) < 4.78 is 1.37. The Bertz CT molecular complexity index is 267. The maximum atomic E-state index is 10.9. The van der Waals surface area contributed by atoms with Crippen molar-refractivity contribution in [1.29, 1.82) is 0 Å². The summed E-state index contributed by atoms with van der Waals surface area (Å²) >= 11 is 1.07. The fourth-order valence-corrected chi connectivity index (χ4v) is 1.31. The molecule has 2 N–H and O–H groups in total. The van der Waals surface area contributed by atoms with Crippen LogP contribution < -0.4 is 4.87 Å². The highest BCUT2D eigenvalue weighted by Crippen LogP contribution is 1.91. The minimum atomic E-state index is -0.845. The topological polar surface area (TPSA) is 62.5 Å². The molecule has 5 heteroatoms. The highest BCUT2D eigenvalue weighted by molar-refractivity contribution is 7.07. The van der Waals surface area contributed by atoms with Crippen LogP contribution in [-0.2, 0) is 6.54 Å². The van der Waals surface area contributed by atoms with Crippen molar-refractivity contribution in [2.75, 3.05) is 6.61 Å². The molecule has 1 aromatic rings. The molecular formula is C6H9NO3S. The van der Waals surface area contributed by atoms with Gasteiger partial charge in [-0.1, -0.05) is 11.3 Å². The van der Waals surface area contributed by atoms with E-state index >= 15 is 0 Å². The molecule has 0 saturated heterocycles. The third kappa shape index (κ3) is 2.14. The summed E-state index contributed by atoms with van der Waals surface area (Å²) in [7, 11) is 0. The van der Waals surface area contributed by atoms with Crippen LogP contribution in [0.25, 0.3) is 0 Å². The molecule has 1 heterocycles. The number of hydrogen-bond acceptors (Lipinski definition) is 4. The molecule has 1 unspecified atom stereocenters. The van der Waals surface area contributed by atoms with E-state index in [1.165, 1.54) is 4.57 Å². The summed E-state index contributed by atoms with van der Waals surface area (Å²) in [5, 5.41) is 19.1. The van der Waals surface area contributed by atoms with E-state index < -0.39 is 6.10 Å². The van der Waals surface area contributed by atoms with Crippen LogP contribution in [0.15, 0.2) is 16.4 Å². The Kier molecular flexibility index (Phi) is 2.81. The van der Waals surface area contributed by atoms with Crippen molar-refractivity contribution in [2.45, 2.75) is 12.6 Å². The van der Waals surface area contributed by atoms with Crippen molar-refractivity contribution in [3.63, 3.8) is 0 Å². The first kappa shape index (κ1) is 8.45. The lowest BCUT2D eigenvalue weighted by molar-refractivity contribution is 0.0808. The first-order valence-corrected chi connectivity index (χ1v) is 4.05. The lowest BCUT2D eigenvalue weighted by Crippen LogP contribution is -2.24. The van der Waals surface area contributed by atoms with Gasteiger partial charge in [-0.3, -0.25) is 4.79 Å². The Morgan fingerprint density at radius 3 is 2.91 bits per heavy atom. The second-order valence-corrected chi connectivity index (χ2v) is 3.01. The molecule has 0 aliphatic rings. The minimum absolute atomic E-state index is 0.113. The van der Waals surface area contributed by atoms with Gasteiger partial charge in [0.05, 0.1) is 19.3 Å². The largest absolute Gasteiger partial charge is 0.394 e. The van der Waals surface area contributed by atoms with E-state index in [4.69, 9.17) is 10.2 Å². The van der Waals surface area contributed by atoms with Gasteiger partial charge < -0.3 is 14.8 Å². The third-order valence-electron chi connectivity index (χ3n) is 1.26. The van der Waals surface area contributed by atoms with Gasteiger partial charge >= 0.3 is 4.87 Å². The summed E-state index contributed by atoms with van der Waals surface area (Å²) in [6.07, 6.45) is 0.744. The quantitative estimate of drug-likeness (QED) is 0.636. The molecule has 62 valence electrons. The van der Waals surface area contributed by atoms with Crippen LogP contribution in [0.4, 0.5) is 0 Å². The maximum Gasteiger partial charge on any atom is 0.307 e. The van der Waals surface area contributed by atoms with Gasteiger partial charge in [-0.2, -0.15) is 0 Å². The Morgan fingerprint density at radius 2 is 2.45 bits per heavy atom. The van der Waals surface area contributed by atoms with E-state index in [1.54, 1.807) is 11.6 Å². The molecule has 0 amide bonds. The summed E-state index contributed by atoms with van der Waals surface area (Å²) in [6, 6.07) is 0. The highest BCUT2D eigenvalue weighted by Gasteiger charge is 2.03. The number of aliphatic hydroxyl groups is 2. The van der Waals surface area contributed by atoms with Crippen LogP contribution in [-0.4, -0.2) is 27.5 Å². The highest BCUT2D eigenvalue weighted by atomic mass is 32.1. The zero-order valence-corrected chi connectivity index (χ0v) is 6.62. The molecule has 0 aromatic carbocycles. The summed E-state index contributed by atoms with van der Waals surface area (Å²) in [5.41, 5.74) is 0. The smallest absolute Gasteiger partial charge is 0.307 e. The molecule has 0 saturated carbocycles. The average molecular weight is 175 g/mol. The van der Waals surface area contributed by atoms with Crippen LogP contribution in [0.5, 0.6) is 0 Å². The first-order chi connectivity index (χ1) is 5.24. The van der Waals surface area contributed by atoms with Gasteiger partial charge in [0, 0.05) is 11.6 Å². The number of thiazole rings is 1. The fraction of sp³-hybridized carbons (Fsp3) is 0.500. The van der Waals surface area contributed by atoms with Crippen molar-refractivity contribution in [3.05, 3.63) is 21.2 Å². The minimum Gasteiger partial charge on any atom is -0.394 e. The standard InChI is InChI=1S/C6H9NO3S/c8-4-5(9)3-7-1-2-11-6(7)10/h1-2,5,8-9H,3-4H2. The number of aromatic nitrogens is 1. The predicted octanol–water partition coefficient (Wildman–Crippen LogP) is -0.737. The number of rotatable bonds is 3. The van der Waals surface area contributed by atoms with Crippen LogP contribution in [0.3, 0.4) is 0 Å². The van der Waals surface area contributed by atoms with E-state index in [-0.39, 0.29) is 18.0 Å². The van der Waals surface area contributed by atoms with Crippen molar-refractivity contribution in [1.82, 2.24) is 4.57 Å². The Morgan fingerprint density at radius 1 is 1.73 bits per heavy atom. The zero-order valence-electron chi connectivity index (χ0n) is 5.80. The average Bonchev–Trinajstić information content (AvgIpc) is 2.37. The normalized spacial score (nSPS) is 13.3. The van der Waals surface area contributed by atoms with E-state index in [0.717, 1.165) is 11.3 Å². The van der Waals surface area contributed by atoms with Gasteiger partial charge in [-0.15, -0.1) is 0 Å². The van der Waals surface area contributed by atoms with E-state index in [2.05, 4.69) is 0 Å². The van der Waals surface area contributed by atoms with Crippen LogP contribution >= 0.6 is 11.3 Å². The Labute approximate surface area is 67.3 Å². The zero-order chi connectivity index (χ0) is 8.27. The SMILES string of the molecule is O=c1sccn1CC(O)CO. The molecule has 0 fully saturated rings. The van der Waals surface area contributed by atoms with Gasteiger partial charge in [0.2, 0.25) is 0 Å². The molecule has 11 heavy (non-hydrogen) atoms. The molecule has 0 bridgehead atoms. The monoisotopic (exact) mass is 175 g/mol. The van der Waals surface area contributed by atoms with E-state index in [1.807, 2.05) is 0 Å². The van der Waals surface area contributed by atoms with Crippen LogP contribution in [0, 0.1) is 0 Å². The molecular weight excluding hydrogens is 166 g/mol. The molecule has 1 rings (SSSR count). The molecule has 0 aliphatic carbocycles. The molecule has 1 aromatic heterocycles. The van der Waals surface area contributed by atoms with Crippen molar-refractivity contribution < 1.29 is 10.2 Å². The van der Waals surface area contributed by atoms with Gasteiger partial charge in [0.1, 0.15) is 0 Å². The number of hydrogen-bond donors (Lipinski definition) is 2.